The van der Waals surface area contributed by atoms with E-state index in [-0.39, 0.29) is 16.7 Å². The third-order valence-corrected chi connectivity index (χ3v) is 7.88. The molecule has 148 valence electrons. The summed E-state index contributed by atoms with van der Waals surface area (Å²) in [5.41, 5.74) is 1.06. The van der Waals surface area contributed by atoms with Gasteiger partial charge < -0.3 is 0 Å². The van der Waals surface area contributed by atoms with E-state index in [0.29, 0.717) is 15.9 Å². The molecule has 0 bridgehead atoms. The second-order valence-corrected chi connectivity index (χ2v) is 10.2. The first-order chi connectivity index (χ1) is 13.3. The number of halogens is 1. The highest BCUT2D eigenvalue weighted by molar-refractivity contribution is 7.98. The van der Waals surface area contributed by atoms with E-state index in [1.165, 1.54) is 24.9 Å². The van der Waals surface area contributed by atoms with Crippen molar-refractivity contribution in [1.82, 2.24) is 19.5 Å². The van der Waals surface area contributed by atoms with Gasteiger partial charge in [0.1, 0.15) is 4.21 Å². The maximum Gasteiger partial charge on any atom is 0.252 e. The highest BCUT2D eigenvalue weighted by Gasteiger charge is 2.24. The Bertz CT molecular complexity index is 1040. The van der Waals surface area contributed by atoms with Crippen LogP contribution in [0.5, 0.6) is 0 Å². The number of hydrogen-bond donors (Lipinski definition) is 2. The molecule has 0 fully saturated rings. The number of H-pyrrole nitrogens is 1. The van der Waals surface area contributed by atoms with Crippen LogP contribution in [0.3, 0.4) is 0 Å². The van der Waals surface area contributed by atoms with E-state index in [2.05, 4.69) is 20.5 Å². The number of carbonyl (C=O) groups excluding carboxylic acids is 1. The van der Waals surface area contributed by atoms with Crippen molar-refractivity contribution in [3.8, 4) is 0 Å². The Hall–Kier alpha value is -1.92. The minimum absolute atomic E-state index is 0.158. The van der Waals surface area contributed by atoms with Crippen molar-refractivity contribution in [3.63, 3.8) is 0 Å². The standard InChI is InChI=1S/C16H16ClN5O3S3/c1-22(28(24,25)14-3-2-8-26-14)9-13(23)18-15-19-16(21-20-15)27-10-11-4-6-12(17)7-5-11/h2-8H,9-10H2,1H3,(H2,18,19,20,21,23). The predicted octanol–water partition coefficient (Wildman–Crippen LogP) is 3.07. The number of thioether (sulfide) groups is 1. The number of likely N-dealkylation sites (N-methyl/N-ethyl adjacent to an activating group) is 1. The van der Waals surface area contributed by atoms with Crippen molar-refractivity contribution in [1.29, 1.82) is 0 Å². The Kier molecular flexibility index (Phi) is 6.73. The minimum Gasteiger partial charge on any atom is -0.294 e. The Morgan fingerprint density at radius 1 is 1.32 bits per heavy atom. The molecule has 0 saturated heterocycles. The highest BCUT2D eigenvalue weighted by atomic mass is 35.5. The zero-order valence-corrected chi connectivity index (χ0v) is 17.8. The summed E-state index contributed by atoms with van der Waals surface area (Å²) >= 11 is 8.34. The van der Waals surface area contributed by atoms with Crippen molar-refractivity contribution in [3.05, 3.63) is 52.4 Å². The molecule has 0 saturated carbocycles. The molecule has 0 atom stereocenters. The maximum atomic E-state index is 12.3. The molecule has 2 aromatic heterocycles. The van der Waals surface area contributed by atoms with Gasteiger partial charge in [0.2, 0.25) is 17.0 Å². The Morgan fingerprint density at radius 2 is 2.07 bits per heavy atom. The van der Waals surface area contributed by atoms with Crippen molar-refractivity contribution in [2.45, 2.75) is 15.1 Å². The predicted molar refractivity (Wildman–Crippen MR) is 110 cm³/mol. The molecule has 0 aliphatic carbocycles. The van der Waals surface area contributed by atoms with E-state index in [1.54, 1.807) is 11.4 Å². The molecule has 1 amide bonds. The van der Waals surface area contributed by atoms with E-state index in [1.807, 2.05) is 24.3 Å². The van der Waals surface area contributed by atoms with Gasteiger partial charge in [-0.15, -0.1) is 16.4 Å². The van der Waals surface area contributed by atoms with Crippen LogP contribution >= 0.6 is 34.7 Å². The number of aromatic amines is 1. The molecule has 2 N–H and O–H groups in total. The van der Waals surface area contributed by atoms with Gasteiger partial charge in [0.05, 0.1) is 6.54 Å². The highest BCUT2D eigenvalue weighted by Crippen LogP contribution is 2.22. The summed E-state index contributed by atoms with van der Waals surface area (Å²) < 4.78 is 25.8. The molecule has 2 heterocycles. The van der Waals surface area contributed by atoms with Gasteiger partial charge in [-0.2, -0.15) is 9.29 Å². The quantitative estimate of drug-likeness (QED) is 0.503. The van der Waals surface area contributed by atoms with Crippen LogP contribution in [0.2, 0.25) is 5.02 Å². The molecular formula is C16H16ClN5O3S3. The maximum absolute atomic E-state index is 12.3. The second kappa shape index (κ2) is 9.05. The monoisotopic (exact) mass is 457 g/mol. The average molecular weight is 458 g/mol. The van der Waals surface area contributed by atoms with Gasteiger partial charge in [0, 0.05) is 17.8 Å². The zero-order chi connectivity index (χ0) is 20.1. The first-order valence-corrected chi connectivity index (χ1v) is 11.6. The van der Waals surface area contributed by atoms with Crippen LogP contribution in [0.25, 0.3) is 0 Å². The van der Waals surface area contributed by atoms with E-state index < -0.39 is 15.9 Å². The van der Waals surface area contributed by atoms with Crippen LogP contribution < -0.4 is 5.32 Å². The number of nitrogens with zero attached hydrogens (tertiary/aromatic N) is 3. The average Bonchev–Trinajstić information content (AvgIpc) is 3.33. The molecule has 8 nitrogen and oxygen atoms in total. The number of sulfonamides is 1. The first kappa shape index (κ1) is 20.8. The molecule has 3 rings (SSSR count). The second-order valence-electron chi connectivity index (χ2n) is 5.62. The van der Waals surface area contributed by atoms with E-state index in [4.69, 9.17) is 11.6 Å². The molecule has 0 aliphatic heterocycles. The van der Waals surface area contributed by atoms with Gasteiger partial charge in [0.15, 0.2) is 0 Å². The van der Waals surface area contributed by atoms with Crippen molar-refractivity contribution < 1.29 is 13.2 Å². The van der Waals surface area contributed by atoms with Gasteiger partial charge in [-0.25, -0.2) is 13.5 Å². The lowest BCUT2D eigenvalue weighted by Crippen LogP contribution is -2.34. The summed E-state index contributed by atoms with van der Waals surface area (Å²) in [5.74, 6) is 0.281. The third-order valence-electron chi connectivity index (χ3n) is 3.53. The lowest BCUT2D eigenvalue weighted by Gasteiger charge is -2.14. The molecule has 0 radical (unpaired) electrons. The number of carbonyl (C=O) groups is 1. The number of nitrogens with one attached hydrogen (secondary N) is 2. The van der Waals surface area contributed by atoms with Crippen molar-refractivity contribution in [2.75, 3.05) is 18.9 Å². The molecule has 3 aromatic rings. The van der Waals surface area contributed by atoms with Gasteiger partial charge >= 0.3 is 0 Å². The van der Waals surface area contributed by atoms with Crippen LogP contribution in [0.4, 0.5) is 5.95 Å². The number of benzene rings is 1. The van der Waals surface area contributed by atoms with Gasteiger partial charge in [-0.1, -0.05) is 41.6 Å². The van der Waals surface area contributed by atoms with Crippen LogP contribution in [-0.4, -0.2) is 47.4 Å². The fraction of sp³-hybridized carbons (Fsp3) is 0.188. The molecule has 0 spiro atoms. The van der Waals surface area contributed by atoms with Crippen LogP contribution in [0, 0.1) is 0 Å². The molecule has 28 heavy (non-hydrogen) atoms. The zero-order valence-electron chi connectivity index (χ0n) is 14.6. The normalized spacial score (nSPS) is 11.7. The van der Waals surface area contributed by atoms with Crippen LogP contribution in [-0.2, 0) is 20.6 Å². The smallest absolute Gasteiger partial charge is 0.252 e. The number of rotatable bonds is 8. The number of thiophene rings is 1. The summed E-state index contributed by atoms with van der Waals surface area (Å²) in [6.45, 7) is -0.339. The van der Waals surface area contributed by atoms with Gasteiger partial charge in [-0.05, 0) is 29.1 Å². The fourth-order valence-electron chi connectivity index (χ4n) is 2.12. The van der Waals surface area contributed by atoms with E-state index in [9.17, 15) is 13.2 Å². The van der Waals surface area contributed by atoms with Crippen LogP contribution in [0.15, 0.2) is 51.1 Å². The Labute approximate surface area is 175 Å². The van der Waals surface area contributed by atoms with E-state index >= 15 is 0 Å². The number of aromatic nitrogens is 3. The summed E-state index contributed by atoms with van der Waals surface area (Å²) in [7, 11) is -2.34. The lowest BCUT2D eigenvalue weighted by atomic mass is 10.2. The molecule has 1 aromatic carbocycles. The van der Waals surface area contributed by atoms with Crippen molar-refractivity contribution in [2.24, 2.45) is 0 Å². The summed E-state index contributed by atoms with van der Waals surface area (Å²) in [4.78, 5) is 16.3. The van der Waals surface area contributed by atoms with Gasteiger partial charge in [-0.3, -0.25) is 10.1 Å². The Morgan fingerprint density at radius 3 is 2.75 bits per heavy atom. The molecule has 0 unspecified atom stereocenters. The summed E-state index contributed by atoms with van der Waals surface area (Å²) in [6.07, 6.45) is 0. The van der Waals surface area contributed by atoms with Crippen molar-refractivity contribution >= 4 is 56.6 Å². The number of amides is 1. The fourth-order valence-corrected chi connectivity index (χ4v) is 5.33. The summed E-state index contributed by atoms with van der Waals surface area (Å²) in [6, 6.07) is 10.6. The lowest BCUT2D eigenvalue weighted by molar-refractivity contribution is -0.116. The molecular weight excluding hydrogens is 442 g/mol. The molecule has 0 aliphatic rings. The van der Waals surface area contributed by atoms with E-state index in [0.717, 1.165) is 21.2 Å². The molecule has 12 heteroatoms. The topological polar surface area (TPSA) is 108 Å². The third kappa shape index (κ3) is 5.32. The minimum atomic E-state index is -3.69. The van der Waals surface area contributed by atoms with Crippen LogP contribution in [0.1, 0.15) is 5.56 Å². The van der Waals surface area contributed by atoms with Gasteiger partial charge in [0.25, 0.3) is 10.0 Å². The largest absolute Gasteiger partial charge is 0.294 e. The SMILES string of the molecule is CN(CC(=O)Nc1nc(SCc2ccc(Cl)cc2)n[nH]1)S(=O)(=O)c1cccs1. The Balaban J connectivity index is 1.53. The first-order valence-electron chi connectivity index (χ1n) is 7.94. The number of anilines is 1. The summed E-state index contributed by atoms with van der Waals surface area (Å²) in [5, 5.41) is 12.0. The number of hydrogen-bond acceptors (Lipinski definition) is 7.